The van der Waals surface area contributed by atoms with Gasteiger partial charge in [0.05, 0.1) is 5.69 Å². The van der Waals surface area contributed by atoms with Crippen LogP contribution < -0.4 is 4.90 Å². The van der Waals surface area contributed by atoms with Gasteiger partial charge in [-0.15, -0.1) is 5.10 Å². The zero-order chi connectivity index (χ0) is 14.2. The predicted molar refractivity (Wildman–Crippen MR) is 86.5 cm³/mol. The molecule has 1 aromatic carbocycles. The average Bonchev–Trinajstić information content (AvgIpc) is 3.11. The molecule has 2 fully saturated rings. The van der Waals surface area contributed by atoms with Gasteiger partial charge in [-0.05, 0) is 49.5 Å². The summed E-state index contributed by atoms with van der Waals surface area (Å²) in [6, 6.07) is 10.9. The molecule has 1 aromatic heterocycles. The van der Waals surface area contributed by atoms with E-state index >= 15 is 0 Å². The molecule has 2 aromatic rings. The Balaban J connectivity index is 1.75. The lowest BCUT2D eigenvalue weighted by Gasteiger charge is -2.32. The minimum Gasteiger partial charge on any atom is -0.337 e. The number of nitrogens with one attached hydrogen (secondary N) is 1. The highest BCUT2D eigenvalue weighted by Gasteiger charge is 2.37. The average molecular weight is 300 g/mol. The Morgan fingerprint density at radius 2 is 1.90 bits per heavy atom. The Morgan fingerprint density at radius 1 is 1.10 bits per heavy atom. The number of benzene rings is 1. The van der Waals surface area contributed by atoms with E-state index in [9.17, 15) is 0 Å². The molecule has 1 N–H and O–H groups in total. The number of para-hydroxylation sites is 1. The van der Waals surface area contributed by atoms with Crippen molar-refractivity contribution in [1.82, 2.24) is 14.8 Å². The number of rotatable bonds is 2. The Morgan fingerprint density at radius 3 is 2.76 bits per heavy atom. The molecule has 4 nitrogen and oxygen atoms in total. The lowest BCUT2D eigenvalue weighted by molar-refractivity contribution is 0.340. The third-order valence-corrected chi connectivity index (χ3v) is 5.21. The van der Waals surface area contributed by atoms with Gasteiger partial charge < -0.3 is 4.90 Å². The van der Waals surface area contributed by atoms with Crippen molar-refractivity contribution >= 4 is 18.2 Å². The summed E-state index contributed by atoms with van der Waals surface area (Å²) in [6.45, 7) is 1.10. The maximum Gasteiger partial charge on any atom is 0.230 e. The zero-order valence-electron chi connectivity index (χ0n) is 12.0. The molecule has 1 saturated carbocycles. The molecule has 1 aliphatic carbocycles. The Kier molecular flexibility index (Phi) is 3.30. The summed E-state index contributed by atoms with van der Waals surface area (Å²) in [7, 11) is 0. The maximum atomic E-state index is 5.46. The summed E-state index contributed by atoms with van der Waals surface area (Å²) in [6.07, 6.45) is 6.69. The van der Waals surface area contributed by atoms with E-state index in [0.29, 0.717) is 10.8 Å². The Hall–Kier alpha value is -1.62. The molecule has 110 valence electrons. The summed E-state index contributed by atoms with van der Waals surface area (Å²) < 4.78 is 2.75. The summed E-state index contributed by atoms with van der Waals surface area (Å²) in [4.78, 5) is 2.48. The normalized spacial score (nSPS) is 25.0. The van der Waals surface area contributed by atoms with Gasteiger partial charge in [0.15, 0.2) is 0 Å². The van der Waals surface area contributed by atoms with Crippen molar-refractivity contribution in [3.63, 3.8) is 0 Å². The van der Waals surface area contributed by atoms with E-state index in [1.54, 1.807) is 0 Å². The third-order valence-electron chi connectivity index (χ3n) is 4.94. The van der Waals surface area contributed by atoms with Crippen LogP contribution in [-0.4, -0.2) is 27.4 Å². The number of anilines is 1. The lowest BCUT2D eigenvalue weighted by atomic mass is 9.85. The maximum absolute atomic E-state index is 5.46. The molecule has 2 heterocycles. The Labute approximate surface area is 129 Å². The molecule has 0 amide bonds. The van der Waals surface area contributed by atoms with Crippen LogP contribution in [0.2, 0.25) is 0 Å². The first-order valence-corrected chi connectivity index (χ1v) is 8.25. The molecule has 5 heteroatoms. The van der Waals surface area contributed by atoms with E-state index in [-0.39, 0.29) is 0 Å². The van der Waals surface area contributed by atoms with Gasteiger partial charge >= 0.3 is 0 Å². The number of hydrogen-bond donors (Lipinski definition) is 1. The second-order valence-electron chi connectivity index (χ2n) is 6.09. The molecular weight excluding hydrogens is 280 g/mol. The van der Waals surface area contributed by atoms with Crippen LogP contribution >= 0.6 is 12.2 Å². The first-order valence-electron chi connectivity index (χ1n) is 7.84. The van der Waals surface area contributed by atoms with Gasteiger partial charge in [-0.25, -0.2) is 5.10 Å². The Bertz CT molecular complexity index is 675. The SMILES string of the molecule is S=c1[nH]nc(N2CCC3CCCCC32)n1-c1ccccc1. The van der Waals surface area contributed by atoms with Gasteiger partial charge in [0.2, 0.25) is 10.7 Å². The van der Waals surface area contributed by atoms with E-state index in [1.165, 1.54) is 32.1 Å². The molecule has 1 saturated heterocycles. The minimum atomic E-state index is 0.645. The fourth-order valence-corrected chi connectivity index (χ4v) is 4.18. The van der Waals surface area contributed by atoms with Crippen LogP contribution in [0, 0.1) is 10.7 Å². The first kappa shape index (κ1) is 13.1. The monoisotopic (exact) mass is 300 g/mol. The van der Waals surface area contributed by atoms with Crippen molar-refractivity contribution in [3.05, 3.63) is 35.1 Å². The quantitative estimate of drug-likeness (QED) is 0.859. The van der Waals surface area contributed by atoms with Gasteiger partial charge in [-0.1, -0.05) is 31.0 Å². The van der Waals surface area contributed by atoms with E-state index in [2.05, 4.69) is 31.8 Å². The number of hydrogen-bond acceptors (Lipinski definition) is 3. The highest BCUT2D eigenvalue weighted by Crippen LogP contribution is 2.38. The van der Waals surface area contributed by atoms with Crippen LogP contribution in [-0.2, 0) is 0 Å². The van der Waals surface area contributed by atoms with Crippen molar-refractivity contribution in [2.75, 3.05) is 11.4 Å². The van der Waals surface area contributed by atoms with Crippen LogP contribution in [0.4, 0.5) is 5.95 Å². The molecular formula is C16H20N4S. The molecule has 0 bridgehead atoms. The standard InChI is InChI=1S/C16H20N4S/c21-16-18-17-15(20(16)13-7-2-1-3-8-13)19-11-10-12-6-4-5-9-14(12)19/h1-3,7-8,12,14H,4-6,9-11H2,(H,18,21). The lowest BCUT2D eigenvalue weighted by Crippen LogP contribution is -2.36. The molecule has 2 unspecified atom stereocenters. The second kappa shape index (κ2) is 5.30. The fourth-order valence-electron chi connectivity index (χ4n) is 3.95. The van der Waals surface area contributed by atoms with Crippen LogP contribution in [0.3, 0.4) is 0 Å². The van der Waals surface area contributed by atoms with Gasteiger partial charge in [0.1, 0.15) is 0 Å². The van der Waals surface area contributed by atoms with Gasteiger partial charge in [-0.2, -0.15) is 0 Å². The number of aromatic amines is 1. The van der Waals surface area contributed by atoms with Crippen LogP contribution in [0.15, 0.2) is 30.3 Å². The number of fused-ring (bicyclic) bond motifs is 1. The van der Waals surface area contributed by atoms with Crippen molar-refractivity contribution < 1.29 is 0 Å². The first-order chi connectivity index (χ1) is 10.3. The van der Waals surface area contributed by atoms with Gasteiger partial charge in [0.25, 0.3) is 0 Å². The highest BCUT2D eigenvalue weighted by molar-refractivity contribution is 7.71. The molecule has 2 aliphatic rings. The number of nitrogens with zero attached hydrogens (tertiary/aromatic N) is 3. The molecule has 0 spiro atoms. The van der Waals surface area contributed by atoms with Gasteiger partial charge in [-0.3, -0.25) is 4.57 Å². The smallest absolute Gasteiger partial charge is 0.230 e. The predicted octanol–water partition coefficient (Wildman–Crippen LogP) is 3.70. The fraction of sp³-hybridized carbons (Fsp3) is 0.500. The summed E-state index contributed by atoms with van der Waals surface area (Å²) >= 11 is 5.46. The summed E-state index contributed by atoms with van der Waals surface area (Å²) in [5, 5.41) is 7.52. The highest BCUT2D eigenvalue weighted by atomic mass is 32.1. The van der Waals surface area contributed by atoms with Crippen molar-refractivity contribution in [1.29, 1.82) is 0 Å². The number of aromatic nitrogens is 3. The van der Waals surface area contributed by atoms with Gasteiger partial charge in [0, 0.05) is 12.6 Å². The molecule has 4 rings (SSSR count). The molecule has 21 heavy (non-hydrogen) atoms. The molecule has 1 aliphatic heterocycles. The molecule has 2 atom stereocenters. The van der Waals surface area contributed by atoms with E-state index in [1.807, 2.05) is 18.2 Å². The van der Waals surface area contributed by atoms with E-state index in [0.717, 1.165) is 24.1 Å². The van der Waals surface area contributed by atoms with Crippen molar-refractivity contribution in [2.24, 2.45) is 5.92 Å². The number of H-pyrrole nitrogens is 1. The van der Waals surface area contributed by atoms with E-state index in [4.69, 9.17) is 12.2 Å². The molecule has 0 radical (unpaired) electrons. The van der Waals surface area contributed by atoms with Crippen molar-refractivity contribution in [2.45, 2.75) is 38.1 Å². The largest absolute Gasteiger partial charge is 0.337 e. The van der Waals surface area contributed by atoms with Crippen molar-refractivity contribution in [3.8, 4) is 5.69 Å². The zero-order valence-corrected chi connectivity index (χ0v) is 12.9. The minimum absolute atomic E-state index is 0.645. The van der Waals surface area contributed by atoms with E-state index < -0.39 is 0 Å². The topological polar surface area (TPSA) is 36.9 Å². The third kappa shape index (κ3) is 2.20. The summed E-state index contributed by atoms with van der Waals surface area (Å²) in [5.41, 5.74) is 1.09. The summed E-state index contributed by atoms with van der Waals surface area (Å²) in [5.74, 6) is 1.83. The second-order valence-corrected chi connectivity index (χ2v) is 6.48. The van der Waals surface area contributed by atoms with Crippen LogP contribution in [0.1, 0.15) is 32.1 Å². The van der Waals surface area contributed by atoms with Crippen LogP contribution in [0.25, 0.3) is 5.69 Å². The van der Waals surface area contributed by atoms with Crippen LogP contribution in [0.5, 0.6) is 0 Å².